The number of benzene rings is 1. The van der Waals surface area contributed by atoms with Gasteiger partial charge in [0.15, 0.2) is 0 Å². The number of imidazole rings is 1. The molecule has 128 valence electrons. The van der Waals surface area contributed by atoms with Crippen LogP contribution in [-0.4, -0.2) is 58.1 Å². The van der Waals surface area contributed by atoms with E-state index in [4.69, 9.17) is 0 Å². The Balaban J connectivity index is 1.61. The highest BCUT2D eigenvalue weighted by molar-refractivity contribution is 5.74. The fourth-order valence-electron chi connectivity index (χ4n) is 2.99. The van der Waals surface area contributed by atoms with Crippen molar-refractivity contribution in [3.05, 3.63) is 48.5 Å². The van der Waals surface area contributed by atoms with E-state index in [1.165, 1.54) is 0 Å². The van der Waals surface area contributed by atoms with Crippen LogP contribution in [0.15, 0.2) is 43.0 Å². The molecule has 1 aliphatic rings. The summed E-state index contributed by atoms with van der Waals surface area (Å²) in [6.07, 6.45) is 5.44. The zero-order valence-corrected chi connectivity index (χ0v) is 14.4. The van der Waals surface area contributed by atoms with Gasteiger partial charge >= 0.3 is 6.03 Å². The maximum absolute atomic E-state index is 12.5. The number of hydrogen-bond donors (Lipinski definition) is 1. The second kappa shape index (κ2) is 7.49. The molecule has 1 saturated heterocycles. The Bertz CT molecular complexity index is 662. The van der Waals surface area contributed by atoms with Crippen LogP contribution in [0.3, 0.4) is 0 Å². The first-order chi connectivity index (χ1) is 11.7. The van der Waals surface area contributed by atoms with Crippen LogP contribution in [0.2, 0.25) is 0 Å². The Morgan fingerprint density at radius 1 is 1.29 bits per heavy atom. The van der Waals surface area contributed by atoms with Crippen molar-refractivity contribution in [1.29, 1.82) is 0 Å². The van der Waals surface area contributed by atoms with E-state index in [2.05, 4.69) is 28.2 Å². The minimum atomic E-state index is -0.0369. The van der Waals surface area contributed by atoms with Crippen molar-refractivity contribution in [2.45, 2.75) is 19.9 Å². The lowest BCUT2D eigenvalue weighted by molar-refractivity contribution is 0.141. The molecular weight excluding hydrogens is 302 g/mol. The monoisotopic (exact) mass is 327 g/mol. The van der Waals surface area contributed by atoms with Gasteiger partial charge in [-0.05, 0) is 31.2 Å². The van der Waals surface area contributed by atoms with Crippen molar-refractivity contribution in [3.63, 3.8) is 0 Å². The van der Waals surface area contributed by atoms with Crippen LogP contribution >= 0.6 is 0 Å². The van der Waals surface area contributed by atoms with Gasteiger partial charge in [-0.2, -0.15) is 0 Å². The Labute approximate surface area is 143 Å². The maximum Gasteiger partial charge on any atom is 0.317 e. The topological polar surface area (TPSA) is 53.4 Å². The summed E-state index contributed by atoms with van der Waals surface area (Å²) in [5.74, 6) is 0. The first-order valence-electron chi connectivity index (χ1n) is 8.53. The summed E-state index contributed by atoms with van der Waals surface area (Å²) in [7, 11) is 0. The lowest BCUT2D eigenvalue weighted by Crippen LogP contribution is -2.51. The molecule has 2 aromatic rings. The summed E-state index contributed by atoms with van der Waals surface area (Å²) in [6, 6.07) is 8.15. The Hall–Kier alpha value is -2.34. The van der Waals surface area contributed by atoms with Crippen LogP contribution in [0.25, 0.3) is 5.69 Å². The largest absolute Gasteiger partial charge is 0.331 e. The molecule has 0 radical (unpaired) electrons. The third kappa shape index (κ3) is 3.76. The summed E-state index contributed by atoms with van der Waals surface area (Å²) >= 11 is 0. The summed E-state index contributed by atoms with van der Waals surface area (Å²) in [5.41, 5.74) is 2.13. The molecular formula is C18H25N5O. The second-order valence-electron chi connectivity index (χ2n) is 6.16. The molecule has 1 N–H and O–H groups in total. The molecule has 2 heterocycles. The Morgan fingerprint density at radius 3 is 2.75 bits per heavy atom. The van der Waals surface area contributed by atoms with Crippen LogP contribution in [-0.2, 0) is 0 Å². The molecule has 0 spiro atoms. The number of urea groups is 1. The lowest BCUT2D eigenvalue weighted by Gasteiger charge is -2.34. The molecule has 2 amide bonds. The molecule has 1 aromatic carbocycles. The molecule has 1 aliphatic heterocycles. The van der Waals surface area contributed by atoms with Crippen molar-refractivity contribution in [2.75, 3.05) is 32.7 Å². The first kappa shape index (κ1) is 16.5. The maximum atomic E-state index is 12.5. The highest BCUT2D eigenvalue weighted by Crippen LogP contribution is 2.17. The SMILES string of the molecule is CCN1CCN(C(=O)NC(C)c2cccc(-n3ccnc3)c2)CC1. The molecule has 1 fully saturated rings. The van der Waals surface area contributed by atoms with Crippen molar-refractivity contribution in [1.82, 2.24) is 24.7 Å². The van der Waals surface area contributed by atoms with Gasteiger partial charge < -0.3 is 19.7 Å². The smallest absolute Gasteiger partial charge is 0.317 e. The highest BCUT2D eigenvalue weighted by Gasteiger charge is 2.21. The van der Waals surface area contributed by atoms with Crippen molar-refractivity contribution >= 4 is 6.03 Å². The van der Waals surface area contributed by atoms with Gasteiger partial charge in [0.25, 0.3) is 0 Å². The van der Waals surface area contributed by atoms with E-state index < -0.39 is 0 Å². The number of likely N-dealkylation sites (N-methyl/N-ethyl adjacent to an activating group) is 1. The highest BCUT2D eigenvalue weighted by atomic mass is 16.2. The lowest BCUT2D eigenvalue weighted by atomic mass is 10.1. The first-order valence-corrected chi connectivity index (χ1v) is 8.53. The van der Waals surface area contributed by atoms with Gasteiger partial charge in [-0.15, -0.1) is 0 Å². The van der Waals surface area contributed by atoms with Crippen molar-refractivity contribution < 1.29 is 4.79 Å². The van der Waals surface area contributed by atoms with E-state index in [0.29, 0.717) is 0 Å². The zero-order valence-electron chi connectivity index (χ0n) is 14.4. The molecule has 3 rings (SSSR count). The predicted molar refractivity (Wildman–Crippen MR) is 94.2 cm³/mol. The van der Waals surface area contributed by atoms with Gasteiger partial charge in [-0.1, -0.05) is 19.1 Å². The number of piperazine rings is 1. The number of carbonyl (C=O) groups excluding carboxylic acids is 1. The molecule has 1 aromatic heterocycles. The van der Waals surface area contributed by atoms with Crippen LogP contribution in [0.4, 0.5) is 4.79 Å². The summed E-state index contributed by atoms with van der Waals surface area (Å²) in [6.45, 7) is 8.72. The summed E-state index contributed by atoms with van der Waals surface area (Å²) in [4.78, 5) is 20.8. The number of aromatic nitrogens is 2. The molecule has 0 aliphatic carbocycles. The van der Waals surface area contributed by atoms with Gasteiger partial charge in [0.05, 0.1) is 12.4 Å². The molecule has 1 atom stereocenters. The fraction of sp³-hybridized carbons (Fsp3) is 0.444. The minimum absolute atomic E-state index is 0.0197. The van der Waals surface area contributed by atoms with Gasteiger partial charge in [-0.25, -0.2) is 9.78 Å². The molecule has 1 unspecified atom stereocenters. The molecule has 6 heteroatoms. The van der Waals surface area contributed by atoms with Crippen LogP contribution in [0, 0.1) is 0 Å². The van der Waals surface area contributed by atoms with Gasteiger partial charge in [-0.3, -0.25) is 0 Å². The number of nitrogens with zero attached hydrogens (tertiary/aromatic N) is 4. The van der Waals surface area contributed by atoms with Gasteiger partial charge in [0, 0.05) is 44.3 Å². The summed E-state index contributed by atoms with van der Waals surface area (Å²) < 4.78 is 1.96. The fourth-order valence-corrected chi connectivity index (χ4v) is 2.99. The Morgan fingerprint density at radius 2 is 2.08 bits per heavy atom. The van der Waals surface area contributed by atoms with E-state index in [0.717, 1.165) is 44.0 Å². The standard InChI is InChI=1S/C18H25N5O/c1-3-21-9-11-22(12-10-21)18(24)20-15(2)16-5-4-6-17(13-16)23-8-7-19-14-23/h4-8,13-15H,3,9-12H2,1-2H3,(H,20,24). The van der Waals surface area contributed by atoms with E-state index in [9.17, 15) is 4.79 Å². The Kier molecular flexibility index (Phi) is 5.15. The van der Waals surface area contributed by atoms with Gasteiger partial charge in [0.1, 0.15) is 0 Å². The zero-order chi connectivity index (χ0) is 16.9. The second-order valence-corrected chi connectivity index (χ2v) is 6.16. The van der Waals surface area contributed by atoms with Crippen molar-refractivity contribution in [3.8, 4) is 5.69 Å². The normalized spacial score (nSPS) is 16.8. The number of nitrogens with one attached hydrogen (secondary N) is 1. The average molecular weight is 327 g/mol. The number of hydrogen-bond acceptors (Lipinski definition) is 3. The molecule has 0 saturated carbocycles. The average Bonchev–Trinajstić information content (AvgIpc) is 3.16. The molecule has 6 nitrogen and oxygen atoms in total. The van der Waals surface area contributed by atoms with Crippen LogP contribution in [0.5, 0.6) is 0 Å². The minimum Gasteiger partial charge on any atom is -0.331 e. The number of carbonyl (C=O) groups is 1. The van der Waals surface area contributed by atoms with Gasteiger partial charge in [0.2, 0.25) is 0 Å². The van der Waals surface area contributed by atoms with E-state index in [1.54, 1.807) is 12.5 Å². The van der Waals surface area contributed by atoms with E-state index in [-0.39, 0.29) is 12.1 Å². The number of amides is 2. The molecule has 0 bridgehead atoms. The molecule has 24 heavy (non-hydrogen) atoms. The predicted octanol–water partition coefficient (Wildman–Crippen LogP) is 2.28. The van der Waals surface area contributed by atoms with Crippen LogP contribution < -0.4 is 5.32 Å². The third-order valence-electron chi connectivity index (χ3n) is 4.62. The van der Waals surface area contributed by atoms with Crippen LogP contribution in [0.1, 0.15) is 25.5 Å². The quantitative estimate of drug-likeness (QED) is 0.937. The van der Waals surface area contributed by atoms with Crippen molar-refractivity contribution in [2.24, 2.45) is 0 Å². The van der Waals surface area contributed by atoms with E-state index in [1.807, 2.05) is 40.8 Å². The summed E-state index contributed by atoms with van der Waals surface area (Å²) in [5, 5.41) is 3.11. The third-order valence-corrected chi connectivity index (χ3v) is 4.62. The van der Waals surface area contributed by atoms with E-state index >= 15 is 0 Å². The number of rotatable bonds is 4.